The van der Waals surface area contributed by atoms with E-state index >= 15 is 0 Å². The highest BCUT2D eigenvalue weighted by Crippen LogP contribution is 2.33. The van der Waals surface area contributed by atoms with Crippen LogP contribution in [0.1, 0.15) is 47.1 Å². The van der Waals surface area contributed by atoms with Gasteiger partial charge in [0.15, 0.2) is 0 Å². The van der Waals surface area contributed by atoms with Gasteiger partial charge in [0.05, 0.1) is 18.6 Å². The molecule has 1 aromatic carbocycles. The van der Waals surface area contributed by atoms with Gasteiger partial charge in [-0.2, -0.15) is 0 Å². The molecule has 26 heavy (non-hydrogen) atoms. The molecule has 6 heteroatoms. The molecule has 0 aliphatic rings. The average molecular weight is 392 g/mol. The number of esters is 1. The zero-order valence-corrected chi connectivity index (χ0v) is 17.5. The van der Waals surface area contributed by atoms with Crippen LogP contribution in [0, 0.1) is 13.8 Å². The van der Waals surface area contributed by atoms with Crippen LogP contribution in [0.5, 0.6) is 0 Å². The number of benzene rings is 1. The molecule has 0 bridgehead atoms. The molecule has 2 aromatic rings. The Hall–Kier alpha value is -1.79. The maximum absolute atomic E-state index is 12.4. The lowest BCUT2D eigenvalue weighted by molar-refractivity contribution is -0.115. The van der Waals surface area contributed by atoms with E-state index < -0.39 is 0 Å². The summed E-state index contributed by atoms with van der Waals surface area (Å²) in [5.74, 6) is -0.527. The lowest BCUT2D eigenvalue weighted by Gasteiger charge is -2.08. The van der Waals surface area contributed by atoms with Crippen molar-refractivity contribution in [2.75, 3.05) is 11.9 Å². The molecule has 0 saturated heterocycles. The van der Waals surface area contributed by atoms with Gasteiger partial charge in [-0.15, -0.1) is 23.1 Å². The van der Waals surface area contributed by atoms with Gasteiger partial charge in [0.1, 0.15) is 5.00 Å². The lowest BCUT2D eigenvalue weighted by Crippen LogP contribution is -2.16. The minimum Gasteiger partial charge on any atom is -0.462 e. The van der Waals surface area contributed by atoms with Crippen LogP contribution in [0.3, 0.4) is 0 Å². The molecule has 2 rings (SSSR count). The summed E-state index contributed by atoms with van der Waals surface area (Å²) in [6.45, 7) is 10.2. The largest absolute Gasteiger partial charge is 0.462 e. The topological polar surface area (TPSA) is 55.4 Å². The minimum atomic E-state index is -0.389. The predicted molar refractivity (Wildman–Crippen MR) is 110 cm³/mol. The fourth-order valence-electron chi connectivity index (χ4n) is 2.48. The van der Waals surface area contributed by atoms with Gasteiger partial charge < -0.3 is 10.1 Å². The molecule has 0 atom stereocenters. The Bertz CT molecular complexity index is 779. The highest BCUT2D eigenvalue weighted by Gasteiger charge is 2.22. The van der Waals surface area contributed by atoms with E-state index in [2.05, 4.69) is 19.2 Å². The number of thiophene rings is 1. The third kappa shape index (κ3) is 5.35. The number of ether oxygens (including phenoxy) is 1. The number of amides is 1. The van der Waals surface area contributed by atoms with Crippen molar-refractivity contribution in [3.05, 3.63) is 45.8 Å². The molecule has 0 unspecified atom stereocenters. The zero-order chi connectivity index (χ0) is 19.3. The Balaban J connectivity index is 2.08. The van der Waals surface area contributed by atoms with E-state index in [4.69, 9.17) is 4.74 Å². The van der Waals surface area contributed by atoms with Crippen molar-refractivity contribution >= 4 is 40.0 Å². The molecule has 0 radical (unpaired) electrons. The second kappa shape index (κ2) is 9.24. The number of carbonyl (C=O) groups excluding carboxylic acids is 2. The van der Waals surface area contributed by atoms with Gasteiger partial charge in [-0.3, -0.25) is 4.79 Å². The normalized spacial score (nSPS) is 10.8. The molecular formula is C20H25NO3S2. The van der Waals surface area contributed by atoms with Crippen molar-refractivity contribution in [3.63, 3.8) is 0 Å². The predicted octanol–water partition coefficient (Wildman–Crippen LogP) is 5.22. The molecule has 0 fully saturated rings. The summed E-state index contributed by atoms with van der Waals surface area (Å²) in [5, 5.41) is 3.97. The second-order valence-corrected chi connectivity index (χ2v) is 9.12. The zero-order valence-electron chi connectivity index (χ0n) is 15.8. The third-order valence-electron chi connectivity index (χ3n) is 3.78. The minimum absolute atomic E-state index is 0.138. The van der Waals surface area contributed by atoms with Gasteiger partial charge in [0.2, 0.25) is 5.91 Å². The standard InChI is InChI=1S/C20H25NO3S2/c1-6-24-20(23)18-13(4)14(5)26-19(18)21-17(22)11-15-7-9-16(10-8-15)25-12(2)3/h7-10,12H,6,11H2,1-5H3,(H,21,22). The van der Waals surface area contributed by atoms with Crippen molar-refractivity contribution in [1.82, 2.24) is 0 Å². The Morgan fingerprint density at radius 1 is 1.19 bits per heavy atom. The number of thioether (sulfide) groups is 1. The summed E-state index contributed by atoms with van der Waals surface area (Å²) < 4.78 is 5.12. The fraction of sp³-hybridized carbons (Fsp3) is 0.400. The number of nitrogens with one attached hydrogen (secondary N) is 1. The van der Waals surface area contributed by atoms with Gasteiger partial charge in [0, 0.05) is 15.0 Å². The number of carbonyl (C=O) groups is 2. The molecule has 0 saturated carbocycles. The van der Waals surface area contributed by atoms with Crippen LogP contribution in [-0.4, -0.2) is 23.7 Å². The summed E-state index contributed by atoms with van der Waals surface area (Å²) in [6, 6.07) is 8.02. The number of aryl methyl sites for hydroxylation is 1. The molecule has 1 amide bonds. The first-order chi connectivity index (χ1) is 12.3. The monoisotopic (exact) mass is 391 g/mol. The third-order valence-corrected chi connectivity index (χ3v) is 5.92. The number of anilines is 1. The maximum Gasteiger partial charge on any atom is 0.341 e. The van der Waals surface area contributed by atoms with E-state index in [1.54, 1.807) is 18.7 Å². The van der Waals surface area contributed by atoms with Gasteiger partial charge in [0.25, 0.3) is 0 Å². The van der Waals surface area contributed by atoms with E-state index in [1.807, 2.05) is 38.1 Å². The molecule has 0 aliphatic heterocycles. The highest BCUT2D eigenvalue weighted by molar-refractivity contribution is 7.99. The van der Waals surface area contributed by atoms with Crippen molar-refractivity contribution in [1.29, 1.82) is 0 Å². The molecule has 1 heterocycles. The smallest absolute Gasteiger partial charge is 0.341 e. The molecule has 140 valence electrons. The Morgan fingerprint density at radius 3 is 2.42 bits per heavy atom. The maximum atomic E-state index is 12.4. The summed E-state index contributed by atoms with van der Waals surface area (Å²) in [7, 11) is 0. The van der Waals surface area contributed by atoms with Crippen molar-refractivity contribution < 1.29 is 14.3 Å². The van der Waals surface area contributed by atoms with Crippen molar-refractivity contribution in [2.45, 2.75) is 51.2 Å². The van der Waals surface area contributed by atoms with Gasteiger partial charge >= 0.3 is 5.97 Å². The summed E-state index contributed by atoms with van der Waals surface area (Å²) in [5.41, 5.74) is 2.27. The van der Waals surface area contributed by atoms with Gasteiger partial charge in [-0.1, -0.05) is 26.0 Å². The van der Waals surface area contributed by atoms with Gasteiger partial charge in [-0.05, 0) is 44.0 Å². The van der Waals surface area contributed by atoms with Crippen LogP contribution in [-0.2, 0) is 16.0 Å². The highest BCUT2D eigenvalue weighted by atomic mass is 32.2. The fourth-order valence-corrected chi connectivity index (χ4v) is 4.38. The SMILES string of the molecule is CCOC(=O)c1c(NC(=O)Cc2ccc(SC(C)C)cc2)sc(C)c1C. The second-order valence-electron chi connectivity index (χ2n) is 6.24. The Kier molecular flexibility index (Phi) is 7.29. The van der Waals surface area contributed by atoms with Crippen LogP contribution < -0.4 is 5.32 Å². The van der Waals surface area contributed by atoms with Crippen LogP contribution in [0.25, 0.3) is 0 Å². The molecule has 0 spiro atoms. The molecule has 1 N–H and O–H groups in total. The van der Waals surface area contributed by atoms with E-state index in [1.165, 1.54) is 16.2 Å². The average Bonchev–Trinajstić information content (AvgIpc) is 2.83. The first-order valence-corrected chi connectivity index (χ1v) is 10.3. The molecule has 4 nitrogen and oxygen atoms in total. The number of hydrogen-bond acceptors (Lipinski definition) is 5. The summed E-state index contributed by atoms with van der Waals surface area (Å²) in [4.78, 5) is 26.8. The molecule has 0 aliphatic carbocycles. The molecular weight excluding hydrogens is 366 g/mol. The quantitative estimate of drug-likeness (QED) is 0.519. The van der Waals surface area contributed by atoms with Crippen molar-refractivity contribution in [2.24, 2.45) is 0 Å². The van der Waals surface area contributed by atoms with E-state index in [-0.39, 0.29) is 18.3 Å². The number of hydrogen-bond donors (Lipinski definition) is 1. The lowest BCUT2D eigenvalue weighted by atomic mass is 10.1. The van der Waals surface area contributed by atoms with Crippen LogP contribution in [0.2, 0.25) is 0 Å². The van der Waals surface area contributed by atoms with Gasteiger partial charge in [-0.25, -0.2) is 4.79 Å². The first kappa shape index (κ1) is 20.5. The Labute approximate surface area is 163 Å². The first-order valence-electron chi connectivity index (χ1n) is 8.64. The van der Waals surface area contributed by atoms with Crippen LogP contribution in [0.15, 0.2) is 29.2 Å². The van der Waals surface area contributed by atoms with Crippen molar-refractivity contribution in [3.8, 4) is 0 Å². The van der Waals surface area contributed by atoms with E-state index in [0.717, 1.165) is 16.0 Å². The molecule has 1 aromatic heterocycles. The number of rotatable bonds is 7. The summed E-state index contributed by atoms with van der Waals surface area (Å²) >= 11 is 3.20. The van der Waals surface area contributed by atoms with E-state index in [0.29, 0.717) is 22.4 Å². The van der Waals surface area contributed by atoms with Crippen LogP contribution in [0.4, 0.5) is 5.00 Å². The van der Waals surface area contributed by atoms with Crippen LogP contribution >= 0.6 is 23.1 Å². The Morgan fingerprint density at radius 2 is 1.85 bits per heavy atom. The van der Waals surface area contributed by atoms with E-state index in [9.17, 15) is 9.59 Å². The summed E-state index contributed by atoms with van der Waals surface area (Å²) in [6.07, 6.45) is 0.269.